The number of aromatic nitrogens is 4. The Kier molecular flexibility index (Phi) is 6.24. The molecule has 178 valence electrons. The van der Waals surface area contributed by atoms with E-state index in [1.807, 2.05) is 20.8 Å². The van der Waals surface area contributed by atoms with Gasteiger partial charge in [0.2, 0.25) is 21.7 Å². The third kappa shape index (κ3) is 4.44. The number of aryl methyl sites for hydroxylation is 2. The second-order valence-electron chi connectivity index (χ2n) is 8.35. The molecule has 34 heavy (non-hydrogen) atoms. The maximum absolute atomic E-state index is 12.9. The number of benzene rings is 2. The van der Waals surface area contributed by atoms with Crippen LogP contribution < -0.4 is 15.8 Å². The first-order chi connectivity index (χ1) is 16.1. The fraction of sp³-hybridized carbons (Fsp3) is 0.304. The molecule has 0 fully saturated rings. The molecule has 11 heteroatoms. The van der Waals surface area contributed by atoms with Crippen LogP contribution in [0.3, 0.4) is 0 Å². The zero-order valence-electron chi connectivity index (χ0n) is 19.2. The summed E-state index contributed by atoms with van der Waals surface area (Å²) in [6, 6.07) is 10.8. The molecule has 0 bridgehead atoms. The molecule has 0 aliphatic rings. The van der Waals surface area contributed by atoms with Crippen molar-refractivity contribution in [1.29, 1.82) is 0 Å². The van der Waals surface area contributed by atoms with E-state index in [2.05, 4.69) is 19.8 Å². The highest BCUT2D eigenvalue weighted by Crippen LogP contribution is 2.26. The standard InChI is InChI=1S/C23H25N5O5S/c1-5-28-18-11-8-15(12-17(18)24-21(29)23(28)30)20-25-22(33-26-20)19(13(2)3)27-34(31,32)16-9-6-14(4)7-10-16/h6-13,19,27H,5H2,1-4H3,(H,24,29)/t19-/m0/s1. The summed E-state index contributed by atoms with van der Waals surface area (Å²) in [5, 5.41) is 4.01. The molecule has 0 aliphatic carbocycles. The minimum absolute atomic E-state index is 0.118. The van der Waals surface area contributed by atoms with Gasteiger partial charge in [0, 0.05) is 12.1 Å². The number of H-pyrrole nitrogens is 1. The lowest BCUT2D eigenvalue weighted by Crippen LogP contribution is -2.35. The number of hydrogen-bond acceptors (Lipinski definition) is 7. The van der Waals surface area contributed by atoms with E-state index in [0.717, 1.165) is 5.56 Å². The van der Waals surface area contributed by atoms with Crippen molar-refractivity contribution in [2.45, 2.75) is 45.2 Å². The Hall–Kier alpha value is -3.57. The van der Waals surface area contributed by atoms with Crippen LogP contribution in [-0.2, 0) is 16.6 Å². The summed E-state index contributed by atoms with van der Waals surface area (Å²) in [7, 11) is -3.82. The van der Waals surface area contributed by atoms with E-state index < -0.39 is 27.2 Å². The zero-order valence-corrected chi connectivity index (χ0v) is 20.0. The molecule has 2 N–H and O–H groups in total. The Balaban J connectivity index is 1.69. The second-order valence-corrected chi connectivity index (χ2v) is 10.1. The smallest absolute Gasteiger partial charge is 0.316 e. The van der Waals surface area contributed by atoms with E-state index in [0.29, 0.717) is 23.1 Å². The minimum atomic E-state index is -3.82. The van der Waals surface area contributed by atoms with E-state index in [-0.39, 0.29) is 22.5 Å². The fourth-order valence-electron chi connectivity index (χ4n) is 3.64. The third-order valence-corrected chi connectivity index (χ3v) is 6.99. The van der Waals surface area contributed by atoms with Gasteiger partial charge in [0.15, 0.2) is 0 Å². The summed E-state index contributed by atoms with van der Waals surface area (Å²) < 4.78 is 35.3. The van der Waals surface area contributed by atoms with Crippen LogP contribution in [0.4, 0.5) is 0 Å². The Morgan fingerprint density at radius 3 is 2.47 bits per heavy atom. The van der Waals surface area contributed by atoms with E-state index in [1.54, 1.807) is 49.4 Å². The van der Waals surface area contributed by atoms with E-state index in [9.17, 15) is 18.0 Å². The molecule has 0 spiro atoms. The number of nitrogens with one attached hydrogen (secondary N) is 2. The zero-order chi connectivity index (χ0) is 24.6. The molecule has 2 aromatic heterocycles. The van der Waals surface area contributed by atoms with Gasteiger partial charge in [-0.05, 0) is 50.1 Å². The summed E-state index contributed by atoms with van der Waals surface area (Å²) in [6.45, 7) is 7.70. The quantitative estimate of drug-likeness (QED) is 0.385. The molecule has 0 amide bonds. The first-order valence-corrected chi connectivity index (χ1v) is 12.3. The minimum Gasteiger partial charge on any atom is -0.337 e. The van der Waals surface area contributed by atoms with E-state index in [4.69, 9.17) is 4.52 Å². The molecule has 0 saturated carbocycles. The largest absolute Gasteiger partial charge is 0.337 e. The highest BCUT2D eigenvalue weighted by atomic mass is 32.2. The fourth-order valence-corrected chi connectivity index (χ4v) is 4.97. The Bertz CT molecular complexity index is 1570. The van der Waals surface area contributed by atoms with Crippen molar-refractivity contribution < 1.29 is 12.9 Å². The summed E-state index contributed by atoms with van der Waals surface area (Å²) in [5.41, 5.74) is 1.19. The van der Waals surface area contributed by atoms with Gasteiger partial charge in [0.1, 0.15) is 6.04 Å². The van der Waals surface area contributed by atoms with Gasteiger partial charge in [-0.1, -0.05) is 36.7 Å². The van der Waals surface area contributed by atoms with Crippen LogP contribution in [0, 0.1) is 12.8 Å². The van der Waals surface area contributed by atoms with Gasteiger partial charge in [0.25, 0.3) is 0 Å². The number of rotatable bonds is 7. The van der Waals surface area contributed by atoms with Crippen molar-refractivity contribution in [3.8, 4) is 11.4 Å². The molecule has 0 radical (unpaired) electrons. The summed E-state index contributed by atoms with van der Waals surface area (Å²) in [4.78, 5) is 31.2. The number of fused-ring (bicyclic) bond motifs is 1. The molecule has 0 aliphatic heterocycles. The number of nitrogens with zero attached hydrogens (tertiary/aromatic N) is 3. The van der Waals surface area contributed by atoms with Crippen LogP contribution >= 0.6 is 0 Å². The van der Waals surface area contributed by atoms with Crippen molar-refractivity contribution in [3.63, 3.8) is 0 Å². The molecular weight excluding hydrogens is 458 g/mol. The van der Waals surface area contributed by atoms with Gasteiger partial charge in [-0.15, -0.1) is 0 Å². The lowest BCUT2D eigenvalue weighted by Gasteiger charge is -2.18. The third-order valence-electron chi connectivity index (χ3n) is 5.54. The first kappa shape index (κ1) is 23.6. The maximum Gasteiger partial charge on any atom is 0.316 e. The highest BCUT2D eigenvalue weighted by Gasteiger charge is 2.29. The van der Waals surface area contributed by atoms with Crippen LogP contribution in [-0.4, -0.2) is 28.1 Å². The van der Waals surface area contributed by atoms with E-state index in [1.165, 1.54) is 4.57 Å². The average molecular weight is 484 g/mol. The number of hydrogen-bond donors (Lipinski definition) is 2. The van der Waals surface area contributed by atoms with Crippen LogP contribution in [0.15, 0.2) is 61.5 Å². The summed E-state index contributed by atoms with van der Waals surface area (Å²) in [5.74, 6) is 0.167. The lowest BCUT2D eigenvalue weighted by molar-refractivity contribution is 0.311. The van der Waals surface area contributed by atoms with Gasteiger partial charge in [-0.2, -0.15) is 9.71 Å². The van der Waals surface area contributed by atoms with Crippen molar-refractivity contribution in [1.82, 2.24) is 24.4 Å². The summed E-state index contributed by atoms with van der Waals surface area (Å²) >= 11 is 0. The topological polar surface area (TPSA) is 140 Å². The van der Waals surface area contributed by atoms with Crippen LogP contribution in [0.5, 0.6) is 0 Å². The number of aromatic amines is 1. The summed E-state index contributed by atoms with van der Waals surface area (Å²) in [6.07, 6.45) is 0. The first-order valence-electron chi connectivity index (χ1n) is 10.8. The monoisotopic (exact) mass is 483 g/mol. The predicted octanol–water partition coefficient (Wildman–Crippen LogP) is 2.74. The van der Waals surface area contributed by atoms with E-state index >= 15 is 0 Å². The Morgan fingerprint density at radius 2 is 1.82 bits per heavy atom. The maximum atomic E-state index is 12.9. The predicted molar refractivity (Wildman–Crippen MR) is 127 cm³/mol. The molecule has 4 aromatic rings. The average Bonchev–Trinajstić information content (AvgIpc) is 3.28. The van der Waals surface area contributed by atoms with Crippen LogP contribution in [0.2, 0.25) is 0 Å². The Labute approximate surface area is 195 Å². The molecule has 0 saturated heterocycles. The molecule has 0 unspecified atom stereocenters. The highest BCUT2D eigenvalue weighted by molar-refractivity contribution is 7.89. The van der Waals surface area contributed by atoms with Crippen LogP contribution in [0.1, 0.15) is 38.3 Å². The van der Waals surface area contributed by atoms with Crippen molar-refractivity contribution in [2.24, 2.45) is 5.92 Å². The van der Waals surface area contributed by atoms with Gasteiger partial charge in [0.05, 0.1) is 15.9 Å². The SMILES string of the molecule is CCn1c(=O)c(=O)[nH]c2cc(-c3noc([C@@H](NS(=O)(=O)c4ccc(C)cc4)C(C)C)n3)ccc21. The molecule has 2 heterocycles. The van der Waals surface area contributed by atoms with Crippen molar-refractivity contribution in [2.75, 3.05) is 0 Å². The molecule has 1 atom stereocenters. The van der Waals surface area contributed by atoms with Crippen molar-refractivity contribution >= 4 is 21.1 Å². The van der Waals surface area contributed by atoms with Gasteiger partial charge in [-0.3, -0.25) is 9.59 Å². The van der Waals surface area contributed by atoms with Crippen LogP contribution in [0.25, 0.3) is 22.4 Å². The van der Waals surface area contributed by atoms with Gasteiger partial charge >= 0.3 is 11.1 Å². The number of sulfonamides is 1. The van der Waals surface area contributed by atoms with Crippen molar-refractivity contribution in [3.05, 3.63) is 74.6 Å². The second kappa shape index (κ2) is 8.99. The Morgan fingerprint density at radius 1 is 1.12 bits per heavy atom. The molecule has 2 aromatic carbocycles. The van der Waals surface area contributed by atoms with Gasteiger partial charge < -0.3 is 14.1 Å². The molecule has 4 rings (SSSR count). The normalized spacial score (nSPS) is 13.0. The molecular formula is C23H25N5O5S. The lowest BCUT2D eigenvalue weighted by atomic mass is 10.1. The van der Waals surface area contributed by atoms with Gasteiger partial charge in [-0.25, -0.2) is 8.42 Å². The molecule has 10 nitrogen and oxygen atoms in total.